The summed E-state index contributed by atoms with van der Waals surface area (Å²) in [6.45, 7) is 8.72. The Morgan fingerprint density at radius 2 is 1.92 bits per heavy atom. The molecule has 1 aliphatic heterocycles. The van der Waals surface area contributed by atoms with Crippen LogP contribution < -0.4 is 0 Å². The fourth-order valence-electron chi connectivity index (χ4n) is 3.03. The SMILES string of the molecule is CC1(c2cc(Cl)nc(-c3ccc(F)c(Cl)c3)c2)CCN1S(=O)C(C)(C)C. The minimum absolute atomic E-state index is 0.0381. The second kappa shape index (κ2) is 6.86. The summed E-state index contributed by atoms with van der Waals surface area (Å²) in [6.07, 6.45) is 0.874. The van der Waals surface area contributed by atoms with Crippen LogP contribution in [0.5, 0.6) is 0 Å². The highest BCUT2D eigenvalue weighted by Crippen LogP contribution is 2.44. The van der Waals surface area contributed by atoms with Gasteiger partial charge in [-0.05, 0) is 70.0 Å². The molecule has 0 saturated carbocycles. The maximum Gasteiger partial charge on any atom is 0.141 e. The molecule has 0 amide bonds. The summed E-state index contributed by atoms with van der Waals surface area (Å²) < 4.78 is 28.0. The second-order valence-corrected chi connectivity index (χ2v) is 10.6. The van der Waals surface area contributed by atoms with Crippen LogP contribution in [0.1, 0.15) is 39.7 Å². The zero-order chi connectivity index (χ0) is 19.3. The molecule has 1 fully saturated rings. The molecule has 140 valence electrons. The van der Waals surface area contributed by atoms with Gasteiger partial charge in [-0.2, -0.15) is 0 Å². The lowest BCUT2D eigenvalue weighted by molar-refractivity contribution is 0.0935. The zero-order valence-corrected chi connectivity index (χ0v) is 17.5. The van der Waals surface area contributed by atoms with E-state index in [1.54, 1.807) is 6.07 Å². The van der Waals surface area contributed by atoms with E-state index in [1.165, 1.54) is 12.1 Å². The predicted octanol–water partition coefficient (Wildman–Crippen LogP) is 5.58. The van der Waals surface area contributed by atoms with Crippen LogP contribution in [0, 0.1) is 5.82 Å². The van der Waals surface area contributed by atoms with Crippen molar-refractivity contribution in [1.29, 1.82) is 0 Å². The summed E-state index contributed by atoms with van der Waals surface area (Å²) in [7, 11) is -1.13. The van der Waals surface area contributed by atoms with Crippen molar-refractivity contribution in [3.8, 4) is 11.3 Å². The van der Waals surface area contributed by atoms with Gasteiger partial charge in [-0.3, -0.25) is 0 Å². The van der Waals surface area contributed by atoms with E-state index in [9.17, 15) is 8.60 Å². The van der Waals surface area contributed by atoms with Crippen molar-refractivity contribution in [1.82, 2.24) is 9.29 Å². The van der Waals surface area contributed by atoms with Gasteiger partial charge in [-0.25, -0.2) is 17.9 Å². The van der Waals surface area contributed by atoms with Gasteiger partial charge in [0, 0.05) is 12.1 Å². The first-order valence-electron chi connectivity index (χ1n) is 8.35. The average Bonchev–Trinajstić information content (AvgIpc) is 2.54. The number of halogens is 3. The Hall–Kier alpha value is -1.01. The Labute approximate surface area is 166 Å². The standard InChI is InChI=1S/C19H21Cl2FN2OS/c1-18(2,3)26(25)24-8-7-19(24,4)13-10-16(23-17(21)11-13)12-5-6-15(22)14(20)9-12/h5-6,9-11H,7-8H2,1-4H3. The highest BCUT2D eigenvalue weighted by Gasteiger charge is 2.48. The van der Waals surface area contributed by atoms with Crippen molar-refractivity contribution < 1.29 is 8.60 Å². The number of nitrogens with zero attached hydrogens (tertiary/aromatic N) is 2. The minimum atomic E-state index is -1.13. The summed E-state index contributed by atoms with van der Waals surface area (Å²) in [6, 6.07) is 8.20. The molecule has 0 N–H and O–H groups in total. The van der Waals surface area contributed by atoms with E-state index in [0.717, 1.165) is 18.5 Å². The molecule has 3 nitrogen and oxygen atoms in total. The van der Waals surface area contributed by atoms with Crippen LogP contribution in [-0.4, -0.2) is 24.8 Å². The molecule has 2 unspecified atom stereocenters. The Kier molecular flexibility index (Phi) is 5.21. The first-order chi connectivity index (χ1) is 12.0. The lowest BCUT2D eigenvalue weighted by Gasteiger charge is -2.51. The van der Waals surface area contributed by atoms with Crippen LogP contribution in [0.15, 0.2) is 30.3 Å². The van der Waals surface area contributed by atoms with Gasteiger partial charge in [0.15, 0.2) is 0 Å². The predicted molar refractivity (Wildman–Crippen MR) is 106 cm³/mol. The third-order valence-electron chi connectivity index (χ3n) is 4.71. The van der Waals surface area contributed by atoms with Crippen LogP contribution in [-0.2, 0) is 16.5 Å². The van der Waals surface area contributed by atoms with Gasteiger partial charge < -0.3 is 0 Å². The molecule has 1 aromatic carbocycles. The molecule has 2 aromatic rings. The molecule has 2 heterocycles. The average molecular weight is 415 g/mol. The molecule has 7 heteroatoms. The molecule has 1 saturated heterocycles. The Morgan fingerprint density at radius 3 is 2.46 bits per heavy atom. The van der Waals surface area contributed by atoms with Crippen molar-refractivity contribution in [2.45, 2.75) is 44.4 Å². The van der Waals surface area contributed by atoms with Gasteiger partial charge in [-0.1, -0.05) is 23.2 Å². The van der Waals surface area contributed by atoms with Crippen LogP contribution >= 0.6 is 23.2 Å². The van der Waals surface area contributed by atoms with E-state index in [1.807, 2.05) is 37.2 Å². The quantitative estimate of drug-likeness (QED) is 0.614. The maximum atomic E-state index is 13.5. The lowest BCUT2D eigenvalue weighted by Crippen LogP contribution is -2.58. The first-order valence-corrected chi connectivity index (χ1v) is 10.2. The smallest absolute Gasteiger partial charge is 0.141 e. The molecule has 3 rings (SSSR count). The van der Waals surface area contributed by atoms with E-state index >= 15 is 0 Å². The molecule has 2 atom stereocenters. The first kappa shape index (κ1) is 19.7. The number of pyridine rings is 1. The largest absolute Gasteiger partial charge is 0.242 e. The summed E-state index contributed by atoms with van der Waals surface area (Å²) in [5.41, 5.74) is 1.86. The van der Waals surface area contributed by atoms with Gasteiger partial charge in [0.05, 0.1) is 21.0 Å². The fraction of sp³-hybridized carbons (Fsp3) is 0.421. The van der Waals surface area contributed by atoms with E-state index in [0.29, 0.717) is 16.4 Å². The van der Waals surface area contributed by atoms with Gasteiger partial charge >= 0.3 is 0 Å². The van der Waals surface area contributed by atoms with Crippen LogP contribution in [0.25, 0.3) is 11.3 Å². The minimum Gasteiger partial charge on any atom is -0.242 e. The number of aromatic nitrogens is 1. The van der Waals surface area contributed by atoms with Crippen LogP contribution in [0.4, 0.5) is 4.39 Å². The van der Waals surface area contributed by atoms with E-state index in [-0.39, 0.29) is 15.3 Å². The van der Waals surface area contributed by atoms with E-state index in [4.69, 9.17) is 23.2 Å². The van der Waals surface area contributed by atoms with E-state index < -0.39 is 16.8 Å². The third kappa shape index (κ3) is 3.55. The molecule has 0 spiro atoms. The molecule has 0 bridgehead atoms. The number of benzene rings is 1. The summed E-state index contributed by atoms with van der Waals surface area (Å²) >= 11 is 12.2. The molecule has 26 heavy (non-hydrogen) atoms. The normalized spacial score (nSPS) is 22.1. The number of hydrogen-bond donors (Lipinski definition) is 0. The fourth-order valence-corrected chi connectivity index (χ4v) is 4.90. The van der Waals surface area contributed by atoms with Crippen molar-refractivity contribution in [2.24, 2.45) is 0 Å². The maximum absolute atomic E-state index is 13.5. The molecule has 0 aliphatic carbocycles. The molecular formula is C19H21Cl2FN2OS. The zero-order valence-electron chi connectivity index (χ0n) is 15.1. The Balaban J connectivity index is 2.02. The van der Waals surface area contributed by atoms with Gasteiger partial charge in [0.25, 0.3) is 0 Å². The highest BCUT2D eigenvalue weighted by atomic mass is 35.5. The third-order valence-corrected chi connectivity index (χ3v) is 7.22. The van der Waals surface area contributed by atoms with Crippen molar-refractivity contribution in [2.75, 3.05) is 6.54 Å². The van der Waals surface area contributed by atoms with Gasteiger partial charge in [0.1, 0.15) is 22.0 Å². The molecule has 1 aromatic heterocycles. The summed E-state index contributed by atoms with van der Waals surface area (Å²) in [5.74, 6) is -0.477. The van der Waals surface area contributed by atoms with Crippen LogP contribution in [0.3, 0.4) is 0 Å². The summed E-state index contributed by atoms with van der Waals surface area (Å²) in [5, 5.41) is 0.378. The number of rotatable bonds is 3. The number of hydrogen-bond acceptors (Lipinski definition) is 2. The van der Waals surface area contributed by atoms with Crippen LogP contribution in [0.2, 0.25) is 10.2 Å². The second-order valence-electron chi connectivity index (χ2n) is 7.68. The van der Waals surface area contributed by atoms with E-state index in [2.05, 4.69) is 11.9 Å². The molecule has 0 radical (unpaired) electrons. The van der Waals surface area contributed by atoms with Gasteiger partial charge in [0.2, 0.25) is 0 Å². The topological polar surface area (TPSA) is 33.2 Å². The molecular weight excluding hydrogens is 394 g/mol. The Morgan fingerprint density at radius 1 is 1.23 bits per heavy atom. The summed E-state index contributed by atoms with van der Waals surface area (Å²) in [4.78, 5) is 4.36. The Bertz CT molecular complexity index is 884. The lowest BCUT2D eigenvalue weighted by atomic mass is 9.82. The monoisotopic (exact) mass is 414 g/mol. The van der Waals surface area contributed by atoms with Gasteiger partial charge in [-0.15, -0.1) is 0 Å². The van der Waals surface area contributed by atoms with Crippen molar-refractivity contribution in [3.63, 3.8) is 0 Å². The van der Waals surface area contributed by atoms with Crippen molar-refractivity contribution in [3.05, 3.63) is 51.9 Å². The highest BCUT2D eigenvalue weighted by molar-refractivity contribution is 7.84. The van der Waals surface area contributed by atoms with Crippen molar-refractivity contribution >= 4 is 34.2 Å². The molecule has 1 aliphatic rings.